The second kappa shape index (κ2) is 6.90. The normalized spacial score (nSPS) is 11.4. The molecule has 1 aromatic carbocycles. The second-order valence-corrected chi connectivity index (χ2v) is 5.79. The van der Waals surface area contributed by atoms with Gasteiger partial charge in [0.1, 0.15) is 16.4 Å². The molecule has 1 N–H and O–H groups in total. The van der Waals surface area contributed by atoms with Crippen LogP contribution in [0.1, 0.15) is 5.56 Å². The monoisotopic (exact) mass is 321 g/mol. The van der Waals surface area contributed by atoms with E-state index in [1.165, 1.54) is 32.6 Å². The number of hydrazone groups is 1. The van der Waals surface area contributed by atoms with Gasteiger partial charge in [-0.1, -0.05) is 6.07 Å². The summed E-state index contributed by atoms with van der Waals surface area (Å²) in [6.45, 7) is 0. The number of methoxy groups -OCH3 is 2. The Kier molecular flexibility index (Phi) is 4.95. The van der Waals surface area contributed by atoms with E-state index >= 15 is 0 Å². The predicted octanol–water partition coefficient (Wildman–Crippen LogP) is 1.41. The van der Waals surface area contributed by atoms with E-state index in [2.05, 4.69) is 14.9 Å². The van der Waals surface area contributed by atoms with E-state index < -0.39 is 10.0 Å². The van der Waals surface area contributed by atoms with Crippen LogP contribution in [0.5, 0.6) is 11.5 Å². The number of aromatic nitrogens is 1. The zero-order valence-electron chi connectivity index (χ0n) is 12.1. The standard InChI is InChI=1S/C14H15N3O4S/c1-20-12-5-6-13(21-2)14(8-12)22(18,19)17-16-10-11-4-3-7-15-9-11/h3-10,17H,1-2H3/b16-10+. The van der Waals surface area contributed by atoms with Crippen molar-refractivity contribution >= 4 is 16.2 Å². The summed E-state index contributed by atoms with van der Waals surface area (Å²) in [6.07, 6.45) is 4.53. The molecule has 1 aromatic heterocycles. The Morgan fingerprint density at radius 3 is 2.68 bits per heavy atom. The van der Waals surface area contributed by atoms with Crippen LogP contribution in [0.3, 0.4) is 0 Å². The third kappa shape index (κ3) is 3.73. The largest absolute Gasteiger partial charge is 0.497 e. The highest BCUT2D eigenvalue weighted by molar-refractivity contribution is 7.89. The van der Waals surface area contributed by atoms with Gasteiger partial charge in [0.05, 0.1) is 20.4 Å². The zero-order chi connectivity index (χ0) is 16.0. The Morgan fingerprint density at radius 1 is 1.23 bits per heavy atom. The number of rotatable bonds is 6. The van der Waals surface area contributed by atoms with Gasteiger partial charge in [-0.15, -0.1) is 0 Å². The predicted molar refractivity (Wildman–Crippen MR) is 81.7 cm³/mol. The van der Waals surface area contributed by atoms with Crippen LogP contribution in [0.2, 0.25) is 0 Å². The van der Waals surface area contributed by atoms with E-state index in [1.54, 1.807) is 30.6 Å². The first kappa shape index (κ1) is 15.8. The molecule has 0 aliphatic rings. The third-order valence-corrected chi connectivity index (χ3v) is 3.98. The van der Waals surface area contributed by atoms with Gasteiger partial charge in [-0.3, -0.25) is 4.98 Å². The lowest BCUT2D eigenvalue weighted by molar-refractivity contribution is 0.392. The van der Waals surface area contributed by atoms with Crippen LogP contribution >= 0.6 is 0 Å². The Bertz CT molecular complexity index is 761. The molecule has 2 aromatic rings. The molecule has 0 unspecified atom stereocenters. The maximum absolute atomic E-state index is 12.3. The summed E-state index contributed by atoms with van der Waals surface area (Å²) in [5.41, 5.74) is 0.669. The van der Waals surface area contributed by atoms with E-state index in [-0.39, 0.29) is 10.6 Å². The highest BCUT2D eigenvalue weighted by Gasteiger charge is 2.19. The number of sulfonamides is 1. The number of nitrogens with one attached hydrogen (secondary N) is 1. The Balaban J connectivity index is 2.25. The molecule has 0 fully saturated rings. The quantitative estimate of drug-likeness (QED) is 0.642. The summed E-state index contributed by atoms with van der Waals surface area (Å²) in [7, 11) is -1.04. The molecule has 0 atom stereocenters. The van der Waals surface area contributed by atoms with Crippen molar-refractivity contribution in [2.24, 2.45) is 5.10 Å². The van der Waals surface area contributed by atoms with E-state index in [4.69, 9.17) is 9.47 Å². The fourth-order valence-electron chi connectivity index (χ4n) is 1.67. The molecule has 0 spiro atoms. The highest BCUT2D eigenvalue weighted by atomic mass is 32.2. The second-order valence-electron chi connectivity index (χ2n) is 4.16. The molecule has 0 bridgehead atoms. The van der Waals surface area contributed by atoms with Gasteiger partial charge < -0.3 is 9.47 Å². The maximum atomic E-state index is 12.3. The van der Waals surface area contributed by atoms with E-state index in [1.807, 2.05) is 0 Å². The topological polar surface area (TPSA) is 89.9 Å². The number of ether oxygens (including phenoxy) is 2. The van der Waals surface area contributed by atoms with Crippen molar-refractivity contribution in [2.45, 2.75) is 4.90 Å². The molecule has 0 aliphatic carbocycles. The lowest BCUT2D eigenvalue weighted by atomic mass is 10.3. The highest BCUT2D eigenvalue weighted by Crippen LogP contribution is 2.27. The van der Waals surface area contributed by atoms with Crippen molar-refractivity contribution in [2.75, 3.05) is 14.2 Å². The van der Waals surface area contributed by atoms with Crippen molar-refractivity contribution < 1.29 is 17.9 Å². The summed E-state index contributed by atoms with van der Waals surface area (Å²) in [4.78, 5) is 5.97. The van der Waals surface area contributed by atoms with Crippen LogP contribution in [-0.2, 0) is 10.0 Å². The zero-order valence-corrected chi connectivity index (χ0v) is 12.9. The minimum Gasteiger partial charge on any atom is -0.497 e. The third-order valence-electron chi connectivity index (χ3n) is 2.73. The molecular weight excluding hydrogens is 306 g/mol. The van der Waals surface area contributed by atoms with Gasteiger partial charge in [0.25, 0.3) is 10.0 Å². The number of hydrogen-bond donors (Lipinski definition) is 1. The molecule has 22 heavy (non-hydrogen) atoms. The molecule has 0 amide bonds. The molecule has 2 rings (SSSR count). The van der Waals surface area contributed by atoms with Crippen molar-refractivity contribution in [3.63, 3.8) is 0 Å². The summed E-state index contributed by atoms with van der Waals surface area (Å²) in [5.74, 6) is 0.599. The summed E-state index contributed by atoms with van der Waals surface area (Å²) in [5, 5.41) is 3.72. The summed E-state index contributed by atoms with van der Waals surface area (Å²) < 4.78 is 34.7. The van der Waals surface area contributed by atoms with Crippen LogP contribution in [0, 0.1) is 0 Å². The number of nitrogens with zero attached hydrogens (tertiary/aromatic N) is 2. The van der Waals surface area contributed by atoms with Gasteiger partial charge in [0.15, 0.2) is 0 Å². The van der Waals surface area contributed by atoms with E-state index in [0.29, 0.717) is 11.3 Å². The van der Waals surface area contributed by atoms with Gasteiger partial charge in [-0.25, -0.2) is 0 Å². The van der Waals surface area contributed by atoms with Crippen LogP contribution < -0.4 is 14.3 Å². The minimum absolute atomic E-state index is 0.0577. The van der Waals surface area contributed by atoms with Crippen molar-refractivity contribution in [3.8, 4) is 11.5 Å². The molecule has 116 valence electrons. The first-order valence-corrected chi connectivity index (χ1v) is 7.72. The fourth-order valence-corrected chi connectivity index (χ4v) is 2.64. The maximum Gasteiger partial charge on any atom is 0.280 e. The lowest BCUT2D eigenvalue weighted by Crippen LogP contribution is -2.19. The Labute approximate surface area is 128 Å². The van der Waals surface area contributed by atoms with E-state index in [9.17, 15) is 8.42 Å². The fraction of sp³-hybridized carbons (Fsp3) is 0.143. The Hall–Kier alpha value is -2.61. The van der Waals surface area contributed by atoms with Gasteiger partial charge >= 0.3 is 0 Å². The van der Waals surface area contributed by atoms with Crippen LogP contribution in [0.15, 0.2) is 52.7 Å². The molecule has 0 aliphatic heterocycles. The number of pyridine rings is 1. The minimum atomic E-state index is -3.88. The van der Waals surface area contributed by atoms with Gasteiger partial charge in [0, 0.05) is 24.0 Å². The first-order chi connectivity index (χ1) is 10.6. The SMILES string of the molecule is COc1ccc(OC)c(S(=O)(=O)N/N=C/c2cccnc2)c1. The van der Waals surface area contributed by atoms with Crippen molar-refractivity contribution in [1.29, 1.82) is 0 Å². The smallest absolute Gasteiger partial charge is 0.280 e. The van der Waals surface area contributed by atoms with Gasteiger partial charge in [-0.2, -0.15) is 18.4 Å². The van der Waals surface area contributed by atoms with Crippen LogP contribution in [-0.4, -0.2) is 33.8 Å². The van der Waals surface area contributed by atoms with Crippen molar-refractivity contribution in [1.82, 2.24) is 9.82 Å². The van der Waals surface area contributed by atoms with Crippen LogP contribution in [0.4, 0.5) is 0 Å². The molecule has 8 heteroatoms. The molecule has 1 heterocycles. The summed E-state index contributed by atoms with van der Waals surface area (Å²) >= 11 is 0. The Morgan fingerprint density at radius 2 is 2.05 bits per heavy atom. The summed E-state index contributed by atoms with van der Waals surface area (Å²) in [6, 6.07) is 7.95. The average Bonchev–Trinajstić information content (AvgIpc) is 2.55. The number of hydrogen-bond acceptors (Lipinski definition) is 6. The first-order valence-electron chi connectivity index (χ1n) is 6.24. The number of benzene rings is 1. The van der Waals surface area contributed by atoms with Gasteiger partial charge in [0.2, 0.25) is 0 Å². The molecule has 0 radical (unpaired) electrons. The van der Waals surface area contributed by atoms with E-state index in [0.717, 1.165) is 0 Å². The molecule has 7 nitrogen and oxygen atoms in total. The molecular formula is C14H15N3O4S. The molecule has 0 saturated heterocycles. The lowest BCUT2D eigenvalue weighted by Gasteiger charge is -2.10. The van der Waals surface area contributed by atoms with Gasteiger partial charge in [-0.05, 0) is 18.2 Å². The average molecular weight is 321 g/mol. The molecule has 0 saturated carbocycles. The van der Waals surface area contributed by atoms with Crippen molar-refractivity contribution in [3.05, 3.63) is 48.3 Å². The van der Waals surface area contributed by atoms with Crippen LogP contribution in [0.25, 0.3) is 0 Å².